The quantitative estimate of drug-likeness (QED) is 0.815. The summed E-state index contributed by atoms with van der Waals surface area (Å²) in [7, 11) is 0. The number of hydrogen-bond donors (Lipinski definition) is 1. The highest BCUT2D eigenvalue weighted by Crippen LogP contribution is 1.98. The van der Waals surface area contributed by atoms with Gasteiger partial charge < -0.3 is 5.11 Å². The Bertz CT molecular complexity index is 341. The molecule has 0 aromatic carbocycles. The van der Waals surface area contributed by atoms with Gasteiger partial charge in [-0.2, -0.15) is 0 Å². The second-order valence-electron chi connectivity index (χ2n) is 3.00. The van der Waals surface area contributed by atoms with E-state index in [0.717, 1.165) is 11.1 Å². The molecule has 0 saturated heterocycles. The number of nitrogens with zero attached hydrogens (tertiary/aromatic N) is 2. The monoisotopic (exact) mass is 236 g/mol. The Morgan fingerprint density at radius 2 is 1.31 bits per heavy atom. The van der Waals surface area contributed by atoms with Gasteiger partial charge in [0.05, 0.1) is 6.61 Å². The molecule has 2 aromatic rings. The Hall–Kier alpha value is -1.45. The van der Waals surface area contributed by atoms with Crippen molar-refractivity contribution < 1.29 is 5.11 Å². The number of hydrogen-bond acceptors (Lipinski definition) is 3. The predicted octanol–water partition coefficient (Wildman–Crippen LogP) is 2.39. The van der Waals surface area contributed by atoms with Crippen molar-refractivity contribution in [1.82, 2.24) is 9.97 Å². The molecule has 16 heavy (non-hydrogen) atoms. The van der Waals surface area contributed by atoms with Crippen molar-refractivity contribution in [2.45, 2.75) is 12.5 Å². The van der Waals surface area contributed by atoms with Crippen LogP contribution in [0.2, 0.25) is 0 Å². The Morgan fingerprint density at radius 3 is 1.56 bits per heavy atom. The third kappa shape index (κ3) is 4.87. The fraction of sp³-hybridized carbons (Fsp3) is 0.167. The molecule has 1 N–H and O–H groups in total. The average Bonchev–Trinajstić information content (AvgIpc) is 2.41. The average molecular weight is 237 g/mol. The molecule has 0 aliphatic heterocycles. The third-order valence-corrected chi connectivity index (χ3v) is 2.14. The van der Waals surface area contributed by atoms with Crippen LogP contribution in [-0.2, 0) is 12.5 Å². The molecule has 0 aliphatic carbocycles. The van der Waals surface area contributed by atoms with E-state index in [0.29, 0.717) is 5.88 Å². The summed E-state index contributed by atoms with van der Waals surface area (Å²) >= 11 is 5.50. The summed E-state index contributed by atoms with van der Waals surface area (Å²) in [4.78, 5) is 7.62. The molecule has 4 heteroatoms. The minimum atomic E-state index is 0.0997. The second-order valence-corrected chi connectivity index (χ2v) is 3.27. The van der Waals surface area contributed by atoms with Gasteiger partial charge in [0.25, 0.3) is 0 Å². The van der Waals surface area contributed by atoms with Crippen LogP contribution in [0.15, 0.2) is 49.1 Å². The summed E-state index contributed by atoms with van der Waals surface area (Å²) in [6.07, 6.45) is 6.78. The zero-order valence-electron chi connectivity index (χ0n) is 8.75. The van der Waals surface area contributed by atoms with Gasteiger partial charge in [-0.3, -0.25) is 9.97 Å². The van der Waals surface area contributed by atoms with Crippen molar-refractivity contribution in [1.29, 1.82) is 0 Å². The van der Waals surface area contributed by atoms with E-state index in [4.69, 9.17) is 16.7 Å². The highest BCUT2D eigenvalue weighted by molar-refractivity contribution is 6.17. The van der Waals surface area contributed by atoms with Crippen molar-refractivity contribution in [2.75, 3.05) is 0 Å². The van der Waals surface area contributed by atoms with E-state index < -0.39 is 0 Å². The Labute approximate surface area is 99.8 Å². The molecule has 0 aliphatic rings. The van der Waals surface area contributed by atoms with Crippen molar-refractivity contribution in [3.63, 3.8) is 0 Å². The maximum atomic E-state index is 8.51. The molecular formula is C12H13ClN2O. The molecule has 0 fully saturated rings. The SMILES string of the molecule is ClCc1ccncc1.OCc1ccncc1. The molecule has 0 radical (unpaired) electrons. The van der Waals surface area contributed by atoms with Gasteiger partial charge in [0.2, 0.25) is 0 Å². The Balaban J connectivity index is 0.000000160. The van der Waals surface area contributed by atoms with E-state index >= 15 is 0 Å². The lowest BCUT2D eigenvalue weighted by Gasteiger charge is -1.88. The summed E-state index contributed by atoms with van der Waals surface area (Å²) in [5, 5.41) is 8.51. The first-order valence-corrected chi connectivity index (χ1v) is 5.35. The van der Waals surface area contributed by atoms with E-state index in [-0.39, 0.29) is 6.61 Å². The molecule has 0 unspecified atom stereocenters. The van der Waals surface area contributed by atoms with Crippen molar-refractivity contribution >= 4 is 11.6 Å². The van der Waals surface area contributed by atoms with Crippen LogP contribution in [0.5, 0.6) is 0 Å². The van der Waals surface area contributed by atoms with Crippen LogP contribution >= 0.6 is 11.6 Å². The summed E-state index contributed by atoms with van der Waals surface area (Å²) in [5.74, 6) is 0.572. The lowest BCUT2D eigenvalue weighted by Crippen LogP contribution is -1.80. The molecule has 0 atom stereocenters. The molecule has 2 aromatic heterocycles. The molecule has 2 heterocycles. The number of pyridine rings is 2. The van der Waals surface area contributed by atoms with Gasteiger partial charge in [0.15, 0.2) is 0 Å². The fourth-order valence-electron chi connectivity index (χ4n) is 0.960. The van der Waals surface area contributed by atoms with Crippen LogP contribution in [0.4, 0.5) is 0 Å². The second kappa shape index (κ2) is 7.79. The molecule has 0 spiro atoms. The smallest absolute Gasteiger partial charge is 0.0682 e. The van der Waals surface area contributed by atoms with Crippen LogP contribution in [0.25, 0.3) is 0 Å². The van der Waals surface area contributed by atoms with Gasteiger partial charge in [0.1, 0.15) is 0 Å². The van der Waals surface area contributed by atoms with Crippen molar-refractivity contribution in [2.24, 2.45) is 0 Å². The van der Waals surface area contributed by atoms with Crippen molar-refractivity contribution in [3.8, 4) is 0 Å². The van der Waals surface area contributed by atoms with Crippen molar-refractivity contribution in [3.05, 3.63) is 60.2 Å². The first kappa shape index (κ1) is 12.6. The standard InChI is InChI=1S/C6H6ClN.C6H7NO/c7-5-6-1-3-8-4-2-6;8-5-6-1-3-7-4-2-6/h1-4H,5H2;1-4,8H,5H2. The lowest BCUT2D eigenvalue weighted by molar-refractivity contribution is 0.281. The maximum absolute atomic E-state index is 8.51. The summed E-state index contributed by atoms with van der Waals surface area (Å²) < 4.78 is 0. The zero-order chi connectivity index (χ0) is 11.6. The molecule has 2 rings (SSSR count). The van der Waals surface area contributed by atoms with Crippen LogP contribution in [0, 0.1) is 0 Å². The lowest BCUT2D eigenvalue weighted by atomic mass is 10.3. The number of aliphatic hydroxyl groups excluding tert-OH is 1. The number of alkyl halides is 1. The minimum Gasteiger partial charge on any atom is -0.392 e. The highest BCUT2D eigenvalue weighted by Gasteiger charge is 1.82. The van der Waals surface area contributed by atoms with Gasteiger partial charge in [-0.15, -0.1) is 11.6 Å². The number of halogens is 1. The van der Waals surface area contributed by atoms with Gasteiger partial charge in [0, 0.05) is 30.7 Å². The summed E-state index contributed by atoms with van der Waals surface area (Å²) in [6.45, 7) is 0.0997. The Kier molecular flexibility index (Phi) is 6.15. The highest BCUT2D eigenvalue weighted by atomic mass is 35.5. The first-order chi connectivity index (χ1) is 7.86. The summed E-state index contributed by atoms with van der Waals surface area (Å²) in [6, 6.07) is 7.35. The minimum absolute atomic E-state index is 0.0997. The molecule has 0 saturated carbocycles. The molecule has 0 amide bonds. The zero-order valence-corrected chi connectivity index (χ0v) is 9.51. The molecular weight excluding hydrogens is 224 g/mol. The largest absolute Gasteiger partial charge is 0.392 e. The predicted molar refractivity (Wildman–Crippen MR) is 64.0 cm³/mol. The first-order valence-electron chi connectivity index (χ1n) is 4.81. The normalized spacial score (nSPS) is 9.12. The van der Waals surface area contributed by atoms with Crippen LogP contribution in [0.1, 0.15) is 11.1 Å². The van der Waals surface area contributed by atoms with Gasteiger partial charge in [-0.05, 0) is 35.4 Å². The van der Waals surface area contributed by atoms with Gasteiger partial charge in [-0.1, -0.05) is 0 Å². The summed E-state index contributed by atoms with van der Waals surface area (Å²) in [5.41, 5.74) is 2.02. The maximum Gasteiger partial charge on any atom is 0.0682 e. The van der Waals surface area contributed by atoms with Gasteiger partial charge >= 0.3 is 0 Å². The van der Waals surface area contributed by atoms with E-state index in [1.54, 1.807) is 36.9 Å². The van der Waals surface area contributed by atoms with E-state index in [1.165, 1.54) is 0 Å². The molecule has 0 bridgehead atoms. The van der Waals surface area contributed by atoms with Gasteiger partial charge in [-0.25, -0.2) is 0 Å². The topological polar surface area (TPSA) is 46.0 Å². The van der Waals surface area contributed by atoms with E-state index in [1.807, 2.05) is 12.1 Å². The molecule has 3 nitrogen and oxygen atoms in total. The van der Waals surface area contributed by atoms with E-state index in [9.17, 15) is 0 Å². The van der Waals surface area contributed by atoms with Crippen LogP contribution in [0.3, 0.4) is 0 Å². The Morgan fingerprint density at radius 1 is 0.875 bits per heavy atom. The number of aliphatic hydroxyl groups is 1. The van der Waals surface area contributed by atoms with Crippen LogP contribution in [-0.4, -0.2) is 15.1 Å². The number of aromatic nitrogens is 2. The van der Waals surface area contributed by atoms with E-state index in [2.05, 4.69) is 9.97 Å². The third-order valence-electron chi connectivity index (χ3n) is 1.84. The molecule has 84 valence electrons. The number of rotatable bonds is 2. The van der Waals surface area contributed by atoms with Crippen LogP contribution < -0.4 is 0 Å². The fourth-order valence-corrected chi connectivity index (χ4v) is 1.14.